The number of ketones is 2. The average Bonchev–Trinajstić information content (AvgIpc) is 3.33. The zero-order valence-corrected chi connectivity index (χ0v) is 42.4. The molecule has 0 aliphatic rings. The number of carbonyl (C=O) groups is 7. The second kappa shape index (κ2) is 42.2. The molecule has 2 aromatic rings. The van der Waals surface area contributed by atoms with Crippen LogP contribution in [-0.2, 0) is 57.1 Å². The molecule has 0 atom stereocenters. The maximum atomic E-state index is 12.9. The zero-order chi connectivity index (χ0) is 50.7. The molecule has 388 valence electrons. The zero-order valence-electron chi connectivity index (χ0n) is 40.8. The first-order valence-corrected chi connectivity index (χ1v) is 25.3. The number of carbonyl (C=O) groups excluding carboxylic acids is 7. The fraction of sp³-hybridized carbons (Fsp3) is 0.596. The van der Waals surface area contributed by atoms with Gasteiger partial charge in [0.2, 0.25) is 11.8 Å². The Morgan fingerprint density at radius 2 is 0.855 bits per heavy atom. The van der Waals surface area contributed by atoms with E-state index >= 15 is 0 Å². The number of Topliss-reactive ketones (excluding diaryl/α,β-unsaturated/α-hetero) is 2. The molecule has 0 aromatic heterocycles. The van der Waals surface area contributed by atoms with Gasteiger partial charge in [-0.15, -0.1) is 23.5 Å². The molecule has 5 amide bonds. The van der Waals surface area contributed by atoms with Crippen LogP contribution < -0.4 is 21.3 Å². The molecule has 0 fully saturated rings. The van der Waals surface area contributed by atoms with Crippen molar-refractivity contribution in [3.63, 3.8) is 0 Å². The van der Waals surface area contributed by atoms with Gasteiger partial charge in [0.25, 0.3) is 11.8 Å². The summed E-state index contributed by atoms with van der Waals surface area (Å²) in [5.41, 5.74) is 1.77. The summed E-state index contributed by atoms with van der Waals surface area (Å²) in [6, 6.07) is 12.8. The average molecular weight is 1010 g/mol. The Balaban J connectivity index is 0.0000117. The summed E-state index contributed by atoms with van der Waals surface area (Å²) in [6.07, 6.45) is -0.634. The van der Waals surface area contributed by atoms with E-state index in [4.69, 9.17) is 37.9 Å². The molecule has 0 spiro atoms. The summed E-state index contributed by atoms with van der Waals surface area (Å²) < 4.78 is 42.5. The minimum absolute atomic E-state index is 0.0329. The molecule has 20 nitrogen and oxygen atoms in total. The largest absolute Gasteiger partial charge is 0.447 e. The molecule has 0 saturated carbocycles. The van der Waals surface area contributed by atoms with Gasteiger partial charge in [0.05, 0.1) is 84.2 Å². The van der Waals surface area contributed by atoms with Gasteiger partial charge < -0.3 is 64.1 Å². The Morgan fingerprint density at radius 3 is 1.23 bits per heavy atom. The van der Waals surface area contributed by atoms with Crippen LogP contribution >= 0.6 is 23.5 Å². The molecule has 0 unspecified atom stereocenters. The van der Waals surface area contributed by atoms with Gasteiger partial charge in [-0.2, -0.15) is 0 Å². The van der Waals surface area contributed by atoms with E-state index in [1.807, 2.05) is 20.8 Å². The molecule has 0 aliphatic carbocycles. The highest BCUT2D eigenvalue weighted by Gasteiger charge is 2.17. The Morgan fingerprint density at radius 1 is 0.493 bits per heavy atom. The molecule has 0 radical (unpaired) electrons. The van der Waals surface area contributed by atoms with Crippen LogP contribution in [0.2, 0.25) is 0 Å². The Bertz CT molecular complexity index is 1630. The van der Waals surface area contributed by atoms with Gasteiger partial charge in [-0.25, -0.2) is 4.79 Å². The quantitative estimate of drug-likeness (QED) is 0.0690. The lowest BCUT2D eigenvalue weighted by Gasteiger charge is -2.22. The van der Waals surface area contributed by atoms with E-state index in [0.717, 1.165) is 0 Å². The molecular weight excluding hydrogens is 939 g/mol. The number of amides is 5. The smallest absolute Gasteiger partial charge is 0.409 e. The van der Waals surface area contributed by atoms with Crippen molar-refractivity contribution in [1.82, 2.24) is 15.5 Å². The van der Waals surface area contributed by atoms with Gasteiger partial charge in [0, 0.05) is 66.8 Å². The number of thioether (sulfide) groups is 2. The Hall–Kier alpha value is -4.65. The molecule has 69 heavy (non-hydrogen) atoms. The van der Waals surface area contributed by atoms with Crippen molar-refractivity contribution in [1.29, 1.82) is 0 Å². The SMILES string of the molecule is CC.CCOCCOC(=O)N(CCNC(=O)c1ccc(NC(=O)CSCCOCCOCCOCC(C)=O)cc1)CCNC(=O)c1ccc(NC(=O)CSCCOCCOCCOCC(C)=O)cc1. The van der Waals surface area contributed by atoms with Crippen molar-refractivity contribution < 1.29 is 71.5 Å². The van der Waals surface area contributed by atoms with Crippen LogP contribution in [0, 0.1) is 0 Å². The topological polar surface area (TPSA) is 245 Å². The fourth-order valence-corrected chi connectivity index (χ4v) is 6.49. The normalized spacial score (nSPS) is 10.6. The number of nitrogens with one attached hydrogen (secondary N) is 4. The molecule has 2 aromatic carbocycles. The minimum atomic E-state index is -0.634. The van der Waals surface area contributed by atoms with Gasteiger partial charge in [0.1, 0.15) is 19.8 Å². The van der Waals surface area contributed by atoms with Gasteiger partial charge in [-0.05, 0) is 69.3 Å². The third-order valence-electron chi connectivity index (χ3n) is 8.42. The van der Waals surface area contributed by atoms with Crippen LogP contribution in [0.15, 0.2) is 48.5 Å². The van der Waals surface area contributed by atoms with Gasteiger partial charge in [-0.3, -0.25) is 28.8 Å². The summed E-state index contributed by atoms with van der Waals surface area (Å²) in [7, 11) is 0. The Kier molecular flexibility index (Phi) is 38.2. The van der Waals surface area contributed by atoms with Gasteiger partial charge in [0.15, 0.2) is 11.6 Å². The summed E-state index contributed by atoms with van der Waals surface area (Å²) in [5.74, 6) is 0.441. The van der Waals surface area contributed by atoms with E-state index < -0.39 is 6.09 Å². The number of hydrogen-bond donors (Lipinski definition) is 4. The molecule has 0 heterocycles. The molecule has 2 rings (SSSR count). The van der Waals surface area contributed by atoms with Crippen molar-refractivity contribution in [2.75, 3.05) is 159 Å². The van der Waals surface area contributed by atoms with Crippen molar-refractivity contribution in [2.45, 2.75) is 34.6 Å². The summed E-state index contributed by atoms with van der Waals surface area (Å²) in [6.45, 7) is 14.0. The van der Waals surface area contributed by atoms with Gasteiger partial charge in [-0.1, -0.05) is 13.8 Å². The van der Waals surface area contributed by atoms with Crippen LogP contribution in [-0.4, -0.2) is 194 Å². The van der Waals surface area contributed by atoms with Crippen LogP contribution in [0.3, 0.4) is 0 Å². The van der Waals surface area contributed by atoms with Crippen LogP contribution in [0.1, 0.15) is 55.3 Å². The lowest BCUT2D eigenvalue weighted by Crippen LogP contribution is -2.43. The monoisotopic (exact) mass is 1010 g/mol. The van der Waals surface area contributed by atoms with E-state index in [1.165, 1.54) is 42.3 Å². The maximum Gasteiger partial charge on any atom is 0.409 e. The molecule has 22 heteroatoms. The van der Waals surface area contributed by atoms with E-state index in [1.54, 1.807) is 48.5 Å². The highest BCUT2D eigenvalue weighted by molar-refractivity contribution is 8.00. The van der Waals surface area contributed by atoms with E-state index in [2.05, 4.69) is 21.3 Å². The number of nitrogens with zero attached hydrogens (tertiary/aromatic N) is 1. The molecular formula is C47H73N5O15S2. The van der Waals surface area contributed by atoms with E-state index in [0.29, 0.717) is 107 Å². The summed E-state index contributed by atoms with van der Waals surface area (Å²) >= 11 is 2.84. The third kappa shape index (κ3) is 34.3. The Labute approximate surface area is 415 Å². The second-order valence-electron chi connectivity index (χ2n) is 14.1. The summed E-state index contributed by atoms with van der Waals surface area (Å²) in [4.78, 5) is 86.6. The van der Waals surface area contributed by atoms with Crippen molar-refractivity contribution in [2.24, 2.45) is 0 Å². The van der Waals surface area contributed by atoms with Crippen molar-refractivity contribution >= 4 is 76.2 Å². The van der Waals surface area contributed by atoms with Gasteiger partial charge >= 0.3 is 6.09 Å². The van der Waals surface area contributed by atoms with Crippen molar-refractivity contribution in [3.8, 4) is 0 Å². The highest BCUT2D eigenvalue weighted by Crippen LogP contribution is 2.12. The minimum Gasteiger partial charge on any atom is -0.447 e. The van der Waals surface area contributed by atoms with E-state index in [9.17, 15) is 33.6 Å². The number of anilines is 2. The van der Waals surface area contributed by atoms with Crippen LogP contribution in [0.25, 0.3) is 0 Å². The highest BCUT2D eigenvalue weighted by atomic mass is 32.2. The first-order valence-electron chi connectivity index (χ1n) is 22.9. The number of ether oxygens (including phenoxy) is 8. The molecule has 0 bridgehead atoms. The predicted molar refractivity (Wildman–Crippen MR) is 266 cm³/mol. The van der Waals surface area contributed by atoms with Crippen LogP contribution in [0.5, 0.6) is 0 Å². The van der Waals surface area contributed by atoms with Crippen LogP contribution in [0.4, 0.5) is 16.2 Å². The standard InChI is InChI=1S/C45H67N5O15S2.C2H6/c1-4-58-25-26-65-45(57)50(15-13-46-43(55)37-5-9-39(10-6-37)48-41(53)33-66-29-27-61-19-17-59-21-23-63-31-35(2)51)16-14-47-44(56)38-7-11-40(12-8-38)49-42(54)34-67-30-28-62-20-18-60-22-24-64-32-36(3)52;1-2/h5-12H,4,13-34H2,1-3H3,(H,46,55)(H,47,56)(H,48,53)(H,49,54);1-2H3. The second-order valence-corrected chi connectivity index (χ2v) is 16.3. The lowest BCUT2D eigenvalue weighted by atomic mass is 10.2. The molecule has 4 N–H and O–H groups in total. The molecule has 0 aliphatic heterocycles. The maximum absolute atomic E-state index is 12.9. The predicted octanol–water partition coefficient (Wildman–Crippen LogP) is 3.97. The van der Waals surface area contributed by atoms with E-state index in [-0.39, 0.29) is 99.3 Å². The number of benzene rings is 2. The lowest BCUT2D eigenvalue weighted by molar-refractivity contribution is -0.122. The van der Waals surface area contributed by atoms with Crippen molar-refractivity contribution in [3.05, 3.63) is 59.7 Å². The fourth-order valence-electron chi connectivity index (χ4n) is 5.21. The summed E-state index contributed by atoms with van der Waals surface area (Å²) in [5, 5.41) is 11.2. The molecule has 0 saturated heterocycles. The number of hydrogen-bond acceptors (Lipinski definition) is 17. The first-order chi connectivity index (χ1) is 33.5. The number of rotatable bonds is 40. The first kappa shape index (κ1) is 62.4. The third-order valence-corrected chi connectivity index (χ3v) is 10.3.